The number of nitrogens with zero attached hydrogens (tertiary/aromatic N) is 1. The van der Waals surface area contributed by atoms with Crippen molar-refractivity contribution in [1.82, 2.24) is 9.97 Å². The van der Waals surface area contributed by atoms with Crippen molar-refractivity contribution < 1.29 is 32.5 Å². The number of aromatic amines is 1. The summed E-state index contributed by atoms with van der Waals surface area (Å²) in [6.07, 6.45) is 2.69. The molecule has 1 fully saturated rings. The number of ether oxygens (including phenoxy) is 2. The van der Waals surface area contributed by atoms with Crippen LogP contribution in [0.15, 0.2) is 36.4 Å². The number of aromatic nitrogens is 2. The molecule has 0 radical (unpaired) electrons. The summed E-state index contributed by atoms with van der Waals surface area (Å²) in [5.41, 5.74) is 2.47. The highest BCUT2D eigenvalue weighted by molar-refractivity contribution is 5.96. The number of hydrogen-bond donors (Lipinski definition) is 2. The lowest BCUT2D eigenvalue weighted by Gasteiger charge is -2.28. The number of benzene rings is 2. The number of carboxylic acid groups (broad SMARTS) is 1. The zero-order valence-electron chi connectivity index (χ0n) is 21.0. The fraction of sp³-hybridized carbons (Fsp3) is 0.481. The van der Waals surface area contributed by atoms with E-state index in [1.807, 2.05) is 0 Å². The van der Waals surface area contributed by atoms with Crippen molar-refractivity contribution >= 4 is 17.0 Å². The summed E-state index contributed by atoms with van der Waals surface area (Å²) in [7, 11) is 0. The first-order valence-corrected chi connectivity index (χ1v) is 12.1. The molecule has 0 saturated heterocycles. The molecule has 3 aromatic rings. The minimum Gasteiger partial charge on any atom is -0.490 e. The highest BCUT2D eigenvalue weighted by Gasteiger charge is 2.31. The monoisotopic (exact) mass is 506 g/mol. The maximum atomic E-state index is 12.2. The molecule has 0 amide bonds. The van der Waals surface area contributed by atoms with Gasteiger partial charge in [0.15, 0.2) is 0 Å². The third-order valence-electron chi connectivity index (χ3n) is 5.96. The van der Waals surface area contributed by atoms with Gasteiger partial charge in [-0.3, -0.25) is 0 Å². The highest BCUT2D eigenvalue weighted by Crippen LogP contribution is 2.34. The highest BCUT2D eigenvalue weighted by atomic mass is 19.4. The maximum Gasteiger partial charge on any atom is 0.573 e. The Balaban J connectivity index is 0.000000383. The molecule has 196 valence electrons. The Morgan fingerprint density at radius 3 is 2.25 bits per heavy atom. The predicted molar refractivity (Wildman–Crippen MR) is 132 cm³/mol. The number of carboxylic acids is 1. The van der Waals surface area contributed by atoms with Crippen LogP contribution < -0.4 is 9.47 Å². The molecular weight excluding hydrogens is 473 g/mol. The predicted octanol–water partition coefficient (Wildman–Crippen LogP) is 7.51. The van der Waals surface area contributed by atoms with Crippen LogP contribution in [0, 0.1) is 5.41 Å². The van der Waals surface area contributed by atoms with E-state index >= 15 is 0 Å². The number of alkyl halides is 3. The van der Waals surface area contributed by atoms with Crippen molar-refractivity contribution in [2.75, 3.05) is 0 Å². The molecule has 1 aliphatic carbocycles. The van der Waals surface area contributed by atoms with E-state index in [-0.39, 0.29) is 23.2 Å². The Morgan fingerprint density at radius 1 is 1.11 bits per heavy atom. The van der Waals surface area contributed by atoms with Gasteiger partial charge in [0.05, 0.1) is 17.1 Å². The van der Waals surface area contributed by atoms with E-state index in [1.54, 1.807) is 19.9 Å². The SMILES string of the molecule is CC(C)Oc1cc2nc(Cc3ccc(OC(F)(F)F)cc3)[nH]c2cc1C(=O)O.CC1(C)CCCCC1. The maximum absolute atomic E-state index is 12.2. The molecule has 9 heteroatoms. The molecular formula is C27H33F3N2O4. The van der Waals surface area contributed by atoms with Gasteiger partial charge in [-0.2, -0.15) is 0 Å². The molecule has 1 aliphatic rings. The summed E-state index contributed by atoms with van der Waals surface area (Å²) in [6, 6.07) is 8.46. The van der Waals surface area contributed by atoms with Crippen molar-refractivity contribution in [2.24, 2.45) is 5.41 Å². The minimum atomic E-state index is -4.74. The van der Waals surface area contributed by atoms with Gasteiger partial charge < -0.3 is 19.6 Å². The second-order valence-corrected chi connectivity index (χ2v) is 10.1. The Morgan fingerprint density at radius 2 is 1.75 bits per heavy atom. The second-order valence-electron chi connectivity index (χ2n) is 10.1. The van der Waals surface area contributed by atoms with Crippen LogP contribution in [0.25, 0.3) is 11.0 Å². The average Bonchev–Trinajstić information content (AvgIpc) is 3.14. The number of imidazole rings is 1. The number of aromatic carboxylic acids is 1. The fourth-order valence-corrected chi connectivity index (χ4v) is 4.20. The van der Waals surface area contributed by atoms with E-state index in [0.29, 0.717) is 34.3 Å². The summed E-state index contributed by atoms with van der Waals surface area (Å²) in [4.78, 5) is 18.9. The Labute approximate surface area is 208 Å². The summed E-state index contributed by atoms with van der Waals surface area (Å²) in [6.45, 7) is 8.34. The number of halogens is 3. The Hall–Kier alpha value is -3.23. The third-order valence-corrected chi connectivity index (χ3v) is 5.96. The van der Waals surface area contributed by atoms with Gasteiger partial charge in [0.2, 0.25) is 0 Å². The molecule has 36 heavy (non-hydrogen) atoms. The molecule has 4 rings (SSSR count). The van der Waals surface area contributed by atoms with Gasteiger partial charge in [0.1, 0.15) is 22.9 Å². The summed E-state index contributed by atoms with van der Waals surface area (Å²) < 4.78 is 46.1. The lowest BCUT2D eigenvalue weighted by Crippen LogP contribution is -2.17. The molecule has 1 aromatic heterocycles. The standard InChI is InChI=1S/C19H17F3N2O4.C8H16/c1-10(2)27-16-9-15-14(8-13(16)18(25)26)23-17(24-15)7-11-3-5-12(6-4-11)28-19(20,21)22;1-8(2)6-4-3-5-7-8/h3-6,8-10H,7H2,1-2H3,(H,23,24)(H,25,26);3-7H2,1-2H3. The largest absolute Gasteiger partial charge is 0.573 e. The van der Waals surface area contributed by atoms with Crippen molar-refractivity contribution in [3.05, 3.63) is 53.3 Å². The smallest absolute Gasteiger partial charge is 0.490 e. The molecule has 2 N–H and O–H groups in total. The van der Waals surface area contributed by atoms with Crippen molar-refractivity contribution in [3.63, 3.8) is 0 Å². The van der Waals surface area contributed by atoms with Crippen molar-refractivity contribution in [2.45, 2.75) is 78.7 Å². The molecule has 1 heterocycles. The van der Waals surface area contributed by atoms with E-state index in [9.17, 15) is 23.1 Å². The molecule has 0 atom stereocenters. The molecule has 0 bridgehead atoms. The van der Waals surface area contributed by atoms with Gasteiger partial charge in [0.25, 0.3) is 0 Å². The van der Waals surface area contributed by atoms with E-state index in [2.05, 4.69) is 28.6 Å². The lowest BCUT2D eigenvalue weighted by molar-refractivity contribution is -0.274. The number of H-pyrrole nitrogens is 1. The summed E-state index contributed by atoms with van der Waals surface area (Å²) >= 11 is 0. The first kappa shape index (κ1) is 27.4. The van der Waals surface area contributed by atoms with Crippen LogP contribution >= 0.6 is 0 Å². The quantitative estimate of drug-likeness (QED) is 0.361. The van der Waals surface area contributed by atoms with E-state index in [1.165, 1.54) is 62.4 Å². The average molecular weight is 507 g/mol. The van der Waals surface area contributed by atoms with Crippen LogP contribution in [0.2, 0.25) is 0 Å². The zero-order valence-corrected chi connectivity index (χ0v) is 21.0. The first-order chi connectivity index (χ1) is 16.8. The number of rotatable bonds is 6. The normalized spacial score (nSPS) is 15.3. The summed E-state index contributed by atoms with van der Waals surface area (Å²) in [5.74, 6) is -0.657. The lowest BCUT2D eigenvalue weighted by atomic mass is 9.78. The van der Waals surface area contributed by atoms with Gasteiger partial charge in [-0.25, -0.2) is 9.78 Å². The van der Waals surface area contributed by atoms with Gasteiger partial charge in [-0.05, 0) is 55.9 Å². The van der Waals surface area contributed by atoms with E-state index < -0.39 is 12.3 Å². The van der Waals surface area contributed by atoms with Crippen molar-refractivity contribution in [1.29, 1.82) is 0 Å². The van der Waals surface area contributed by atoms with Crippen LogP contribution in [-0.4, -0.2) is 33.5 Å². The fourth-order valence-electron chi connectivity index (χ4n) is 4.20. The Kier molecular flexibility index (Phi) is 8.53. The second kappa shape index (κ2) is 11.2. The van der Waals surface area contributed by atoms with E-state index in [0.717, 1.165) is 0 Å². The van der Waals surface area contributed by atoms with Crippen LogP contribution in [0.3, 0.4) is 0 Å². The topological polar surface area (TPSA) is 84.4 Å². The summed E-state index contributed by atoms with van der Waals surface area (Å²) in [5, 5.41) is 9.38. The molecule has 2 aromatic carbocycles. The first-order valence-electron chi connectivity index (χ1n) is 12.1. The van der Waals surface area contributed by atoms with Crippen molar-refractivity contribution in [3.8, 4) is 11.5 Å². The van der Waals surface area contributed by atoms with Gasteiger partial charge >= 0.3 is 12.3 Å². The number of fused-ring (bicyclic) bond motifs is 1. The van der Waals surface area contributed by atoms with E-state index in [4.69, 9.17) is 4.74 Å². The molecule has 0 aliphatic heterocycles. The van der Waals surface area contributed by atoms with Crippen LogP contribution in [0.5, 0.6) is 11.5 Å². The van der Waals surface area contributed by atoms with Crippen LogP contribution in [0.1, 0.15) is 81.5 Å². The number of hydrogen-bond acceptors (Lipinski definition) is 4. The van der Waals surface area contributed by atoms with Crippen LogP contribution in [-0.2, 0) is 6.42 Å². The number of carbonyl (C=O) groups is 1. The van der Waals surface area contributed by atoms with Gasteiger partial charge in [0, 0.05) is 12.5 Å². The third kappa shape index (κ3) is 8.17. The molecule has 0 unspecified atom stereocenters. The van der Waals surface area contributed by atoms with Crippen LogP contribution in [0.4, 0.5) is 13.2 Å². The van der Waals surface area contributed by atoms with Gasteiger partial charge in [-0.15, -0.1) is 13.2 Å². The molecule has 1 saturated carbocycles. The Bertz CT molecular complexity index is 1160. The van der Waals surface area contributed by atoms with Gasteiger partial charge in [-0.1, -0.05) is 45.2 Å². The molecule has 6 nitrogen and oxygen atoms in total. The minimum absolute atomic E-state index is 0.0186. The molecule has 0 spiro atoms. The zero-order chi connectivity index (χ0) is 26.5. The number of nitrogens with one attached hydrogen (secondary N) is 1.